The number of hydrogen-bond acceptors (Lipinski definition) is 8. The number of morpholine rings is 2. The van der Waals surface area contributed by atoms with Gasteiger partial charge in [-0.25, -0.2) is 4.98 Å². The maximum absolute atomic E-state index is 13.3. The summed E-state index contributed by atoms with van der Waals surface area (Å²) in [6.07, 6.45) is 1.70. The molecule has 0 bridgehead atoms. The third-order valence-corrected chi connectivity index (χ3v) is 6.35. The Morgan fingerprint density at radius 3 is 2.53 bits per heavy atom. The van der Waals surface area contributed by atoms with Crippen molar-refractivity contribution < 1.29 is 14.3 Å². The van der Waals surface area contributed by atoms with Crippen LogP contribution in [0.5, 0.6) is 0 Å². The van der Waals surface area contributed by atoms with Crippen LogP contribution in [0.4, 0.5) is 23.1 Å². The van der Waals surface area contributed by atoms with E-state index in [-0.39, 0.29) is 5.91 Å². The van der Waals surface area contributed by atoms with Gasteiger partial charge in [0.15, 0.2) is 0 Å². The second-order valence-corrected chi connectivity index (χ2v) is 9.08. The topological polar surface area (TPSA) is 91.8 Å². The highest BCUT2D eigenvalue weighted by Crippen LogP contribution is 2.26. The van der Waals surface area contributed by atoms with Crippen LogP contribution in [-0.2, 0) is 16.0 Å². The molecule has 5 rings (SSSR count). The predicted molar refractivity (Wildman–Crippen MR) is 140 cm³/mol. The Kier molecular flexibility index (Phi) is 7.80. The normalized spacial score (nSPS) is 16.0. The lowest BCUT2D eigenvalue weighted by Gasteiger charge is -2.31. The molecule has 2 N–H and O–H groups in total. The Labute approximate surface area is 215 Å². The largest absolute Gasteiger partial charge is 0.378 e. The quantitative estimate of drug-likeness (QED) is 0.498. The molecule has 0 spiro atoms. The summed E-state index contributed by atoms with van der Waals surface area (Å²) in [5.41, 5.74) is 3.40. The number of aromatic nitrogens is 2. The second kappa shape index (κ2) is 11.6. The van der Waals surface area contributed by atoms with Gasteiger partial charge in [0.05, 0.1) is 26.4 Å². The summed E-state index contributed by atoms with van der Waals surface area (Å²) in [4.78, 5) is 26.3. The molecule has 36 heavy (non-hydrogen) atoms. The van der Waals surface area contributed by atoms with E-state index in [2.05, 4.69) is 25.5 Å². The minimum absolute atomic E-state index is 0.00526. The summed E-state index contributed by atoms with van der Waals surface area (Å²) in [6.45, 7) is 5.75. The highest BCUT2D eigenvalue weighted by atomic mass is 35.5. The number of amides is 1. The van der Waals surface area contributed by atoms with Crippen molar-refractivity contribution >= 4 is 40.6 Å². The molecule has 3 heterocycles. The highest BCUT2D eigenvalue weighted by Gasteiger charge is 2.21. The molecule has 0 atom stereocenters. The van der Waals surface area contributed by atoms with Gasteiger partial charge in [-0.2, -0.15) is 4.98 Å². The van der Waals surface area contributed by atoms with Crippen LogP contribution in [0.25, 0.3) is 0 Å². The number of benzene rings is 2. The molecule has 2 saturated heterocycles. The van der Waals surface area contributed by atoms with Crippen molar-refractivity contribution in [2.45, 2.75) is 6.54 Å². The molecule has 2 fully saturated rings. The van der Waals surface area contributed by atoms with E-state index < -0.39 is 0 Å². The van der Waals surface area contributed by atoms with Gasteiger partial charge in [-0.05, 0) is 42.0 Å². The molecule has 0 saturated carbocycles. The Bertz CT molecular complexity index is 1200. The van der Waals surface area contributed by atoms with Crippen LogP contribution >= 0.6 is 11.6 Å². The number of rotatable bonds is 7. The summed E-state index contributed by atoms with van der Waals surface area (Å²) in [5, 5.41) is 7.29. The van der Waals surface area contributed by atoms with Crippen molar-refractivity contribution in [3.8, 4) is 0 Å². The Morgan fingerprint density at radius 2 is 1.75 bits per heavy atom. The predicted octanol–water partition coefficient (Wildman–Crippen LogP) is 3.79. The van der Waals surface area contributed by atoms with E-state index in [9.17, 15) is 4.79 Å². The summed E-state index contributed by atoms with van der Waals surface area (Å²) < 4.78 is 10.9. The van der Waals surface area contributed by atoms with Crippen LogP contribution in [0, 0.1) is 0 Å². The maximum Gasteiger partial charge on any atom is 0.254 e. The van der Waals surface area contributed by atoms with Gasteiger partial charge in [-0.3, -0.25) is 4.79 Å². The lowest BCUT2D eigenvalue weighted by atomic mass is 10.1. The minimum atomic E-state index is -0.00526. The Hall–Kier alpha value is -3.40. The van der Waals surface area contributed by atoms with Gasteiger partial charge in [0.2, 0.25) is 5.95 Å². The van der Waals surface area contributed by atoms with Crippen molar-refractivity contribution in [3.05, 3.63) is 70.9 Å². The molecule has 10 heteroatoms. The number of nitrogens with one attached hydrogen (secondary N) is 2. The molecule has 0 unspecified atom stereocenters. The summed E-state index contributed by atoms with van der Waals surface area (Å²) >= 11 is 6.09. The third-order valence-electron chi connectivity index (χ3n) is 6.11. The smallest absolute Gasteiger partial charge is 0.254 e. The molecule has 0 radical (unpaired) electrons. The molecule has 2 aliphatic rings. The summed E-state index contributed by atoms with van der Waals surface area (Å²) in [6, 6.07) is 15.3. The first-order chi connectivity index (χ1) is 17.6. The fraction of sp³-hybridized carbons (Fsp3) is 0.346. The molecule has 1 aromatic heterocycles. The van der Waals surface area contributed by atoms with E-state index in [0.29, 0.717) is 68.4 Å². The van der Waals surface area contributed by atoms with E-state index in [1.54, 1.807) is 6.20 Å². The molecular formula is C26H29ClN6O3. The van der Waals surface area contributed by atoms with Gasteiger partial charge >= 0.3 is 0 Å². The molecular weight excluding hydrogens is 480 g/mol. The fourth-order valence-corrected chi connectivity index (χ4v) is 4.46. The molecule has 0 aliphatic carbocycles. The SMILES string of the molecule is O=C(c1cc(Nc2nccc(NCc3cccc(Cl)c3)n2)cc(N2CCOCC2)c1)N1CCOCC1. The first kappa shape index (κ1) is 24.3. The van der Waals surface area contributed by atoms with Crippen LogP contribution < -0.4 is 15.5 Å². The number of anilines is 4. The third kappa shape index (κ3) is 6.23. The minimum Gasteiger partial charge on any atom is -0.378 e. The zero-order valence-electron chi connectivity index (χ0n) is 20.0. The second-order valence-electron chi connectivity index (χ2n) is 8.65. The van der Waals surface area contributed by atoms with Gasteiger partial charge < -0.3 is 29.9 Å². The molecule has 9 nitrogen and oxygen atoms in total. The van der Waals surface area contributed by atoms with Crippen LogP contribution in [0.1, 0.15) is 15.9 Å². The van der Waals surface area contributed by atoms with Crippen molar-refractivity contribution in [1.29, 1.82) is 0 Å². The van der Waals surface area contributed by atoms with Gasteiger partial charge in [-0.15, -0.1) is 0 Å². The van der Waals surface area contributed by atoms with Crippen molar-refractivity contribution in [1.82, 2.24) is 14.9 Å². The zero-order valence-corrected chi connectivity index (χ0v) is 20.7. The average molecular weight is 509 g/mol. The first-order valence-electron chi connectivity index (χ1n) is 12.1. The standard InChI is InChI=1S/C26H29ClN6O3/c27-21-3-1-2-19(14-21)18-29-24-4-5-28-26(31-24)30-22-15-20(25(34)33-8-12-36-13-9-33)16-23(17-22)32-6-10-35-11-7-32/h1-5,14-17H,6-13,18H2,(H2,28,29,30,31). The number of halogens is 1. The summed E-state index contributed by atoms with van der Waals surface area (Å²) in [5.74, 6) is 1.12. The Morgan fingerprint density at radius 1 is 0.972 bits per heavy atom. The van der Waals surface area contributed by atoms with E-state index in [1.807, 2.05) is 53.4 Å². The van der Waals surface area contributed by atoms with Crippen LogP contribution in [-0.4, -0.2) is 73.4 Å². The average Bonchev–Trinajstić information content (AvgIpc) is 2.92. The highest BCUT2D eigenvalue weighted by molar-refractivity contribution is 6.30. The molecule has 188 valence electrons. The van der Waals surface area contributed by atoms with Gasteiger partial charge in [-0.1, -0.05) is 23.7 Å². The molecule has 1 amide bonds. The van der Waals surface area contributed by atoms with E-state index in [0.717, 1.165) is 30.0 Å². The number of ether oxygens (including phenoxy) is 2. The van der Waals surface area contributed by atoms with Crippen LogP contribution in [0.15, 0.2) is 54.7 Å². The van der Waals surface area contributed by atoms with Crippen LogP contribution in [0.2, 0.25) is 5.02 Å². The molecule has 2 aliphatic heterocycles. The van der Waals surface area contributed by atoms with Crippen molar-refractivity contribution in [2.24, 2.45) is 0 Å². The fourth-order valence-electron chi connectivity index (χ4n) is 4.25. The lowest BCUT2D eigenvalue weighted by molar-refractivity contribution is 0.0303. The van der Waals surface area contributed by atoms with Crippen molar-refractivity contribution in [3.63, 3.8) is 0 Å². The van der Waals surface area contributed by atoms with E-state index in [1.165, 1.54) is 0 Å². The van der Waals surface area contributed by atoms with E-state index in [4.69, 9.17) is 21.1 Å². The van der Waals surface area contributed by atoms with Gasteiger partial charge in [0.1, 0.15) is 5.82 Å². The number of nitrogens with zero attached hydrogens (tertiary/aromatic N) is 4. The lowest BCUT2D eigenvalue weighted by Crippen LogP contribution is -2.41. The maximum atomic E-state index is 13.3. The van der Waals surface area contributed by atoms with Gasteiger partial charge in [0, 0.05) is 60.9 Å². The summed E-state index contributed by atoms with van der Waals surface area (Å²) in [7, 11) is 0. The molecule has 3 aromatic rings. The molecule has 2 aromatic carbocycles. The monoisotopic (exact) mass is 508 g/mol. The number of hydrogen-bond donors (Lipinski definition) is 2. The number of carbonyl (C=O) groups is 1. The first-order valence-corrected chi connectivity index (χ1v) is 12.4. The van der Waals surface area contributed by atoms with E-state index >= 15 is 0 Å². The van der Waals surface area contributed by atoms with Gasteiger partial charge in [0.25, 0.3) is 5.91 Å². The van der Waals surface area contributed by atoms with Crippen molar-refractivity contribution in [2.75, 3.05) is 68.1 Å². The number of carbonyl (C=O) groups excluding carboxylic acids is 1. The van der Waals surface area contributed by atoms with Crippen LogP contribution in [0.3, 0.4) is 0 Å². The zero-order chi connectivity index (χ0) is 24.7. The Balaban J connectivity index is 1.36.